The van der Waals surface area contributed by atoms with Crippen LogP contribution in [0.2, 0.25) is 5.04 Å². The van der Waals surface area contributed by atoms with Crippen LogP contribution in [0.1, 0.15) is 50.5 Å². The summed E-state index contributed by atoms with van der Waals surface area (Å²) in [6.07, 6.45) is 0.306. The van der Waals surface area contributed by atoms with E-state index in [0.717, 1.165) is 0 Å². The van der Waals surface area contributed by atoms with Crippen molar-refractivity contribution in [1.82, 2.24) is 0 Å². The fourth-order valence-electron chi connectivity index (χ4n) is 1.60. The third-order valence-electron chi connectivity index (χ3n) is 2.75. The van der Waals surface area contributed by atoms with Gasteiger partial charge in [-0.15, -0.1) is 0 Å². The first-order valence-electron chi connectivity index (χ1n) is 6.16. The van der Waals surface area contributed by atoms with Crippen LogP contribution in [0.5, 0.6) is 0 Å². The number of halogens is 2. The van der Waals surface area contributed by atoms with Crippen LogP contribution in [0.25, 0.3) is 0 Å². The molecule has 0 aliphatic rings. The Morgan fingerprint density at radius 3 is 2.16 bits per heavy atom. The number of rotatable bonds is 4. The minimum Gasteiger partial charge on any atom is -0.414 e. The van der Waals surface area contributed by atoms with E-state index >= 15 is 0 Å². The van der Waals surface area contributed by atoms with E-state index in [1.165, 1.54) is 12.1 Å². The Hall–Kier alpha value is -1.07. The molecule has 1 aromatic rings. The third kappa shape index (κ3) is 3.94. The molecule has 0 saturated carbocycles. The number of benzene rings is 1. The first kappa shape index (κ1) is 16.0. The zero-order valence-corrected chi connectivity index (χ0v) is 13.4. The summed E-state index contributed by atoms with van der Waals surface area (Å²) in [7, 11) is -0.900. The van der Waals surface area contributed by atoms with Gasteiger partial charge in [-0.3, -0.25) is 4.79 Å². The molecule has 0 aromatic heterocycles. The van der Waals surface area contributed by atoms with Crippen LogP contribution in [0.3, 0.4) is 0 Å². The van der Waals surface area contributed by atoms with Gasteiger partial charge in [-0.25, -0.2) is 8.78 Å². The molecule has 0 spiro atoms. The molecule has 0 fully saturated rings. The highest BCUT2D eigenvalue weighted by Crippen LogP contribution is 2.32. The van der Waals surface area contributed by atoms with E-state index in [2.05, 4.69) is 20.8 Å². The quantitative estimate of drug-likeness (QED) is 0.627. The molecule has 2 nitrogen and oxygen atoms in total. The van der Waals surface area contributed by atoms with E-state index in [4.69, 9.17) is 4.43 Å². The standard InChI is InChI=1S/C14H20F2O2Si/c1-13(2,3)19-18-14(4,5)10-7-6-9(8-17)11(15)12(10)16/h6-8H,19H2,1-5H3. The van der Waals surface area contributed by atoms with Gasteiger partial charge in [0.25, 0.3) is 0 Å². The maximum atomic E-state index is 14.0. The second kappa shape index (κ2) is 5.51. The van der Waals surface area contributed by atoms with E-state index in [1.54, 1.807) is 13.8 Å². The maximum absolute atomic E-state index is 14.0. The summed E-state index contributed by atoms with van der Waals surface area (Å²) in [5.74, 6) is -2.11. The van der Waals surface area contributed by atoms with Crippen molar-refractivity contribution in [2.45, 2.75) is 45.3 Å². The molecule has 0 aliphatic heterocycles. The molecular formula is C14H20F2O2Si. The monoisotopic (exact) mass is 286 g/mol. The van der Waals surface area contributed by atoms with E-state index in [9.17, 15) is 13.6 Å². The van der Waals surface area contributed by atoms with Crippen molar-refractivity contribution < 1.29 is 18.0 Å². The van der Waals surface area contributed by atoms with Crippen molar-refractivity contribution in [2.24, 2.45) is 0 Å². The SMILES string of the molecule is CC(C)(C)[SiH2]OC(C)(C)c1ccc(C=O)c(F)c1F. The van der Waals surface area contributed by atoms with Crippen LogP contribution in [-0.2, 0) is 10.0 Å². The molecule has 0 amide bonds. The van der Waals surface area contributed by atoms with Gasteiger partial charge in [0, 0.05) is 5.56 Å². The Labute approximate surface area is 115 Å². The smallest absolute Gasteiger partial charge is 0.169 e. The molecular weight excluding hydrogens is 266 g/mol. The summed E-state index contributed by atoms with van der Waals surface area (Å²) < 4.78 is 33.4. The van der Waals surface area contributed by atoms with Crippen molar-refractivity contribution in [3.8, 4) is 0 Å². The van der Waals surface area contributed by atoms with Gasteiger partial charge in [0.15, 0.2) is 27.7 Å². The minimum absolute atomic E-state index is 0.0645. The number of hydrogen-bond donors (Lipinski definition) is 0. The zero-order chi connectivity index (χ0) is 14.8. The van der Waals surface area contributed by atoms with Gasteiger partial charge in [0.1, 0.15) is 0 Å². The fraction of sp³-hybridized carbons (Fsp3) is 0.500. The first-order valence-corrected chi connectivity index (χ1v) is 7.44. The van der Waals surface area contributed by atoms with E-state index in [1.807, 2.05) is 0 Å². The molecule has 19 heavy (non-hydrogen) atoms. The molecule has 0 aliphatic carbocycles. The van der Waals surface area contributed by atoms with E-state index in [0.29, 0.717) is 6.29 Å². The highest BCUT2D eigenvalue weighted by atomic mass is 28.2. The molecule has 5 heteroatoms. The molecule has 1 rings (SSSR count). The average Bonchev–Trinajstić information content (AvgIpc) is 2.29. The summed E-state index contributed by atoms with van der Waals surface area (Å²) in [6.45, 7) is 9.60. The predicted molar refractivity (Wildman–Crippen MR) is 74.1 cm³/mol. The van der Waals surface area contributed by atoms with Crippen LogP contribution in [0.4, 0.5) is 8.78 Å². The van der Waals surface area contributed by atoms with Crippen molar-refractivity contribution in [3.63, 3.8) is 0 Å². The summed E-state index contributed by atoms with van der Waals surface area (Å²) in [5, 5.41) is 0.0645. The highest BCUT2D eigenvalue weighted by Gasteiger charge is 2.29. The van der Waals surface area contributed by atoms with Crippen molar-refractivity contribution in [1.29, 1.82) is 0 Å². The van der Waals surface area contributed by atoms with Gasteiger partial charge in [-0.1, -0.05) is 26.8 Å². The van der Waals surface area contributed by atoms with Crippen LogP contribution in [0, 0.1) is 11.6 Å². The van der Waals surface area contributed by atoms with Gasteiger partial charge in [-0.2, -0.15) is 0 Å². The van der Waals surface area contributed by atoms with Crippen molar-refractivity contribution >= 4 is 16.0 Å². The Morgan fingerprint density at radius 2 is 1.68 bits per heavy atom. The average molecular weight is 286 g/mol. The summed E-state index contributed by atoms with van der Waals surface area (Å²) >= 11 is 0. The number of carbonyl (C=O) groups is 1. The van der Waals surface area contributed by atoms with Gasteiger partial charge in [0.2, 0.25) is 0 Å². The van der Waals surface area contributed by atoms with Crippen LogP contribution >= 0.6 is 0 Å². The van der Waals surface area contributed by atoms with Crippen molar-refractivity contribution in [3.05, 3.63) is 34.9 Å². The largest absolute Gasteiger partial charge is 0.414 e. The van der Waals surface area contributed by atoms with Crippen LogP contribution in [0.15, 0.2) is 12.1 Å². The Balaban J connectivity index is 3.08. The van der Waals surface area contributed by atoms with Gasteiger partial charge >= 0.3 is 0 Å². The summed E-state index contributed by atoms with van der Waals surface area (Å²) in [4.78, 5) is 10.6. The fourth-order valence-corrected chi connectivity index (χ4v) is 2.54. The Bertz CT molecular complexity index is 479. The Kier molecular flexibility index (Phi) is 4.63. The molecule has 1 aromatic carbocycles. The van der Waals surface area contributed by atoms with E-state index in [-0.39, 0.29) is 16.2 Å². The minimum atomic E-state index is -1.11. The molecule has 0 atom stereocenters. The molecule has 0 saturated heterocycles. The molecule has 106 valence electrons. The third-order valence-corrected chi connectivity index (χ3v) is 4.49. The normalized spacial score (nSPS) is 13.2. The lowest BCUT2D eigenvalue weighted by molar-refractivity contribution is 0.103. The topological polar surface area (TPSA) is 26.3 Å². The number of aldehydes is 1. The van der Waals surface area contributed by atoms with Crippen molar-refractivity contribution in [2.75, 3.05) is 0 Å². The molecule has 0 radical (unpaired) electrons. The predicted octanol–water partition coefficient (Wildman–Crippen LogP) is 3.33. The van der Waals surface area contributed by atoms with Gasteiger partial charge < -0.3 is 4.43 Å². The first-order chi connectivity index (χ1) is 8.58. The molecule has 0 unspecified atom stereocenters. The lowest BCUT2D eigenvalue weighted by Crippen LogP contribution is -2.29. The van der Waals surface area contributed by atoms with Gasteiger partial charge in [0.05, 0.1) is 11.2 Å². The summed E-state index contributed by atoms with van der Waals surface area (Å²) in [5.41, 5.74) is -1.02. The summed E-state index contributed by atoms with van der Waals surface area (Å²) in [6, 6.07) is 2.70. The van der Waals surface area contributed by atoms with Crippen LogP contribution in [-0.4, -0.2) is 16.0 Å². The number of carbonyl (C=O) groups excluding carboxylic acids is 1. The number of hydrogen-bond acceptors (Lipinski definition) is 2. The molecule has 0 bridgehead atoms. The highest BCUT2D eigenvalue weighted by molar-refractivity contribution is 6.31. The molecule has 0 N–H and O–H groups in total. The zero-order valence-electron chi connectivity index (χ0n) is 12.0. The van der Waals surface area contributed by atoms with Gasteiger partial charge in [-0.05, 0) is 25.0 Å². The lowest BCUT2D eigenvalue weighted by atomic mass is 9.96. The van der Waals surface area contributed by atoms with E-state index < -0.39 is 27.0 Å². The van der Waals surface area contributed by atoms with Crippen LogP contribution < -0.4 is 0 Å². The second-order valence-electron chi connectivity index (χ2n) is 6.31. The Morgan fingerprint density at radius 1 is 1.11 bits per heavy atom. The lowest BCUT2D eigenvalue weighted by Gasteiger charge is -2.30. The maximum Gasteiger partial charge on any atom is 0.169 e. The second-order valence-corrected chi connectivity index (χ2v) is 9.01. The molecule has 0 heterocycles.